The molecule has 2 saturated carbocycles. The first kappa shape index (κ1) is 17.3. The molecule has 1 saturated heterocycles. The van der Waals surface area contributed by atoms with Crippen LogP contribution in [0.2, 0.25) is 0 Å². The molecular weight excluding hydrogens is 351 g/mol. The highest BCUT2D eigenvalue weighted by molar-refractivity contribution is 5.90. The van der Waals surface area contributed by atoms with Gasteiger partial charge in [-0.2, -0.15) is 10.5 Å². The van der Waals surface area contributed by atoms with Gasteiger partial charge in [0.15, 0.2) is 0 Å². The number of ether oxygens (including phenoxy) is 1. The van der Waals surface area contributed by atoms with Gasteiger partial charge in [-0.05, 0) is 37.8 Å². The van der Waals surface area contributed by atoms with Crippen LogP contribution >= 0.6 is 0 Å². The maximum Gasteiger partial charge on any atom is 0.414 e. The fourth-order valence-electron chi connectivity index (χ4n) is 3.36. The summed E-state index contributed by atoms with van der Waals surface area (Å²) in [5, 5.41) is 20.9. The quantitative estimate of drug-likeness (QED) is 0.857. The lowest BCUT2D eigenvalue weighted by Gasteiger charge is -2.16. The Morgan fingerprint density at radius 3 is 2.59 bits per heavy atom. The van der Waals surface area contributed by atoms with E-state index in [2.05, 4.69) is 11.4 Å². The van der Waals surface area contributed by atoms with Crippen LogP contribution in [0.5, 0.6) is 0 Å². The molecule has 8 heteroatoms. The van der Waals surface area contributed by atoms with Gasteiger partial charge in [0, 0.05) is 5.56 Å². The molecule has 1 N–H and O–H groups in total. The number of anilines is 1. The summed E-state index contributed by atoms with van der Waals surface area (Å²) >= 11 is 0. The van der Waals surface area contributed by atoms with Crippen LogP contribution in [0.3, 0.4) is 0 Å². The molecule has 2 amide bonds. The van der Waals surface area contributed by atoms with Gasteiger partial charge in [-0.25, -0.2) is 9.18 Å². The molecule has 0 spiro atoms. The summed E-state index contributed by atoms with van der Waals surface area (Å²) in [5.74, 6) is -0.859. The van der Waals surface area contributed by atoms with Gasteiger partial charge >= 0.3 is 6.09 Å². The van der Waals surface area contributed by atoms with Crippen molar-refractivity contribution in [3.63, 3.8) is 0 Å². The lowest BCUT2D eigenvalue weighted by Crippen LogP contribution is -2.38. The van der Waals surface area contributed by atoms with Crippen LogP contribution in [0.25, 0.3) is 0 Å². The summed E-state index contributed by atoms with van der Waals surface area (Å²) in [6.07, 6.45) is 1.16. The summed E-state index contributed by atoms with van der Waals surface area (Å²) in [5.41, 5.74) is -0.961. The first-order valence-corrected chi connectivity index (χ1v) is 8.82. The Labute approximate surface area is 155 Å². The zero-order chi connectivity index (χ0) is 19.2. The standard InChI is InChI=1S/C19H17FN4O3/c20-15-7-12(1-2-14(15)18(10-21)3-4-18)24-9-13(27-17(24)26)8-23-16(25)19(11-22)5-6-19/h1-2,7,13H,3-6,8-9H2,(H,23,25)/t13-/m0/s1. The largest absolute Gasteiger partial charge is 0.442 e. The summed E-state index contributed by atoms with van der Waals surface area (Å²) in [7, 11) is 0. The minimum Gasteiger partial charge on any atom is -0.442 e. The molecule has 1 aromatic rings. The fourth-order valence-corrected chi connectivity index (χ4v) is 3.36. The second kappa shape index (κ2) is 5.95. The highest BCUT2D eigenvalue weighted by atomic mass is 19.1. The lowest BCUT2D eigenvalue weighted by molar-refractivity contribution is -0.124. The zero-order valence-electron chi connectivity index (χ0n) is 14.5. The number of amides is 2. The molecule has 0 bridgehead atoms. The molecule has 0 aromatic heterocycles. The van der Waals surface area contributed by atoms with Crippen LogP contribution < -0.4 is 10.2 Å². The number of carbonyl (C=O) groups is 2. The first-order chi connectivity index (χ1) is 12.9. The average molecular weight is 368 g/mol. The first-order valence-electron chi connectivity index (χ1n) is 8.82. The molecule has 138 valence electrons. The number of nitrogens with zero attached hydrogens (tertiary/aromatic N) is 3. The maximum atomic E-state index is 14.5. The van der Waals surface area contributed by atoms with Crippen molar-refractivity contribution in [1.82, 2.24) is 5.32 Å². The third-order valence-electron chi connectivity index (χ3n) is 5.51. The number of carbonyl (C=O) groups excluding carboxylic acids is 2. The summed E-state index contributed by atoms with van der Waals surface area (Å²) < 4.78 is 19.7. The van der Waals surface area contributed by atoms with Crippen molar-refractivity contribution in [3.05, 3.63) is 29.6 Å². The number of rotatable bonds is 5. The molecule has 3 fully saturated rings. The van der Waals surface area contributed by atoms with Crippen LogP contribution in [0.4, 0.5) is 14.9 Å². The molecule has 3 aliphatic rings. The summed E-state index contributed by atoms with van der Waals surface area (Å²) in [6, 6.07) is 8.56. The molecular formula is C19H17FN4O3. The highest BCUT2D eigenvalue weighted by Crippen LogP contribution is 2.49. The maximum absolute atomic E-state index is 14.5. The highest BCUT2D eigenvalue weighted by Gasteiger charge is 2.51. The van der Waals surface area contributed by atoms with Crippen LogP contribution in [0.15, 0.2) is 18.2 Å². The topological polar surface area (TPSA) is 106 Å². The van der Waals surface area contributed by atoms with Gasteiger partial charge in [0.05, 0.1) is 36.3 Å². The zero-order valence-corrected chi connectivity index (χ0v) is 14.5. The Balaban J connectivity index is 1.41. The second-order valence-electron chi connectivity index (χ2n) is 7.38. The third-order valence-corrected chi connectivity index (χ3v) is 5.51. The SMILES string of the molecule is N#CC1(C(=O)NC[C@H]2CN(c3ccc(C4(C#N)CC4)c(F)c3)C(=O)O2)CC1. The molecule has 4 rings (SSSR count). The van der Waals surface area contributed by atoms with Crippen LogP contribution in [-0.2, 0) is 14.9 Å². The molecule has 1 aliphatic heterocycles. The van der Waals surface area contributed by atoms with Crippen molar-refractivity contribution >= 4 is 17.7 Å². The van der Waals surface area contributed by atoms with Crippen molar-refractivity contribution in [2.75, 3.05) is 18.0 Å². The Morgan fingerprint density at radius 2 is 2.04 bits per heavy atom. The number of cyclic esters (lactones) is 1. The van der Waals surface area contributed by atoms with Gasteiger partial charge in [0.2, 0.25) is 5.91 Å². The molecule has 2 aliphatic carbocycles. The Morgan fingerprint density at radius 1 is 1.30 bits per heavy atom. The Bertz CT molecular complexity index is 909. The van der Waals surface area contributed by atoms with Crippen LogP contribution in [0, 0.1) is 33.9 Å². The van der Waals surface area contributed by atoms with Gasteiger partial charge in [0.1, 0.15) is 17.3 Å². The molecule has 0 unspecified atom stereocenters. The van der Waals surface area contributed by atoms with E-state index in [9.17, 15) is 19.2 Å². The van der Waals surface area contributed by atoms with E-state index in [-0.39, 0.29) is 19.0 Å². The number of hydrogen-bond acceptors (Lipinski definition) is 5. The minimum absolute atomic E-state index is 0.0998. The second-order valence-corrected chi connectivity index (χ2v) is 7.38. The number of benzene rings is 1. The van der Waals surface area contributed by atoms with E-state index in [0.29, 0.717) is 36.9 Å². The molecule has 1 heterocycles. The summed E-state index contributed by atoms with van der Waals surface area (Å²) in [6.45, 7) is 0.267. The molecule has 0 radical (unpaired) electrons. The van der Waals surface area contributed by atoms with Crippen molar-refractivity contribution in [2.24, 2.45) is 5.41 Å². The lowest BCUT2D eigenvalue weighted by atomic mass is 9.97. The van der Waals surface area contributed by atoms with Gasteiger partial charge in [0.25, 0.3) is 0 Å². The number of nitriles is 2. The summed E-state index contributed by atoms with van der Waals surface area (Å²) in [4.78, 5) is 25.4. The van der Waals surface area contributed by atoms with Crippen molar-refractivity contribution < 1.29 is 18.7 Å². The van der Waals surface area contributed by atoms with Crippen molar-refractivity contribution in [3.8, 4) is 12.1 Å². The molecule has 1 aromatic carbocycles. The Hall–Kier alpha value is -3.13. The number of hydrogen-bond donors (Lipinski definition) is 1. The predicted octanol–water partition coefficient (Wildman–Crippen LogP) is 2.13. The van der Waals surface area contributed by atoms with Crippen molar-refractivity contribution in [2.45, 2.75) is 37.2 Å². The average Bonchev–Trinajstić information content (AvgIpc) is 3.58. The normalized spacial score (nSPS) is 23.7. The fraction of sp³-hybridized carbons (Fsp3) is 0.474. The molecule has 1 atom stereocenters. The van der Waals surface area contributed by atoms with Crippen LogP contribution in [0.1, 0.15) is 31.2 Å². The third kappa shape index (κ3) is 2.87. The monoisotopic (exact) mass is 368 g/mol. The number of halogens is 1. The van der Waals surface area contributed by atoms with Gasteiger partial charge in [-0.3, -0.25) is 9.69 Å². The van der Waals surface area contributed by atoms with E-state index >= 15 is 0 Å². The van der Waals surface area contributed by atoms with Crippen LogP contribution in [-0.4, -0.2) is 31.2 Å². The predicted molar refractivity (Wildman–Crippen MR) is 90.8 cm³/mol. The van der Waals surface area contributed by atoms with E-state index in [1.54, 1.807) is 12.1 Å². The van der Waals surface area contributed by atoms with E-state index in [0.717, 1.165) is 0 Å². The van der Waals surface area contributed by atoms with E-state index in [1.165, 1.54) is 11.0 Å². The van der Waals surface area contributed by atoms with E-state index in [4.69, 9.17) is 10.00 Å². The Kier molecular flexibility index (Phi) is 3.81. The van der Waals surface area contributed by atoms with Gasteiger partial charge < -0.3 is 10.1 Å². The van der Waals surface area contributed by atoms with E-state index in [1.807, 2.05) is 6.07 Å². The molecule has 27 heavy (non-hydrogen) atoms. The van der Waals surface area contributed by atoms with Crippen molar-refractivity contribution in [1.29, 1.82) is 10.5 Å². The number of nitrogens with one attached hydrogen (secondary N) is 1. The minimum atomic E-state index is -0.930. The van der Waals surface area contributed by atoms with Gasteiger partial charge in [-0.1, -0.05) is 6.07 Å². The van der Waals surface area contributed by atoms with Gasteiger partial charge in [-0.15, -0.1) is 0 Å². The van der Waals surface area contributed by atoms with E-state index < -0.39 is 28.8 Å². The smallest absolute Gasteiger partial charge is 0.414 e. The molecule has 7 nitrogen and oxygen atoms in total.